The largest absolute Gasteiger partial charge is 0.412 e. The first-order valence-corrected chi connectivity index (χ1v) is 29.5. The first-order valence-electron chi connectivity index (χ1n) is 29.5. The molecule has 0 saturated heterocycles. The van der Waals surface area contributed by atoms with Crippen LogP contribution in [-0.4, -0.2) is 132 Å². The fourth-order valence-corrected chi connectivity index (χ4v) is 10.5. The highest BCUT2D eigenvalue weighted by atomic mass is 16.6. The van der Waals surface area contributed by atoms with E-state index >= 15 is 0 Å². The van der Waals surface area contributed by atoms with E-state index in [1.807, 2.05) is 12.1 Å². The molecule has 0 bridgehead atoms. The normalized spacial score (nSPS) is 15.5. The van der Waals surface area contributed by atoms with Crippen LogP contribution >= 0.6 is 0 Å². The van der Waals surface area contributed by atoms with Crippen molar-refractivity contribution in [3.05, 3.63) is 97.1 Å². The van der Waals surface area contributed by atoms with Gasteiger partial charge in [-0.2, -0.15) is 20.9 Å². The third-order valence-electron chi connectivity index (χ3n) is 15.0. The van der Waals surface area contributed by atoms with Gasteiger partial charge in [0.15, 0.2) is 0 Å². The maximum absolute atomic E-state index is 11.9. The smallest absolute Gasteiger partial charge is 0.410 e. The van der Waals surface area contributed by atoms with E-state index < -0.39 is 24.4 Å². The van der Waals surface area contributed by atoms with Gasteiger partial charge in [-0.3, -0.25) is 0 Å². The van der Waals surface area contributed by atoms with Gasteiger partial charge in [0.05, 0.1) is 0 Å². The molecule has 0 radical (unpaired) electrons. The lowest BCUT2D eigenvalue weighted by atomic mass is 9.89. The lowest BCUT2D eigenvalue weighted by Gasteiger charge is -2.22. The van der Waals surface area contributed by atoms with Gasteiger partial charge in [-0.15, -0.1) is 40.8 Å². The summed E-state index contributed by atoms with van der Waals surface area (Å²) in [5, 5.41) is 66.3. The monoisotopic (exact) mass is 1180 g/mol. The number of hydrogen-bond acceptors (Lipinski definition) is 20. The number of benzene rings is 4. The molecule has 4 aliphatic rings. The number of hydrogen-bond donors (Lipinski definition) is 8. The zero-order chi connectivity index (χ0) is 59.4. The van der Waals surface area contributed by atoms with Gasteiger partial charge in [0.25, 0.3) is 0 Å². The predicted octanol–water partition coefficient (Wildman–Crippen LogP) is 9.65. The fourth-order valence-electron chi connectivity index (χ4n) is 10.5. The molecule has 4 aromatic carbocycles. The van der Waals surface area contributed by atoms with E-state index in [2.05, 4.69) is 104 Å². The molecule has 0 unspecified atom stereocenters. The van der Waals surface area contributed by atoms with Crippen LogP contribution in [0.3, 0.4) is 0 Å². The summed E-state index contributed by atoms with van der Waals surface area (Å²) in [7, 11) is 0. The molecule has 0 atom stereocenters. The summed E-state index contributed by atoms with van der Waals surface area (Å²) < 4.78 is 21.2. The molecule has 0 aliphatic heterocycles. The van der Waals surface area contributed by atoms with Crippen molar-refractivity contribution < 1.29 is 38.1 Å². The molecular formula is C58H72N20O8. The summed E-state index contributed by atoms with van der Waals surface area (Å²) >= 11 is 0. The number of carbonyl (C=O) groups is 4. The number of nitrogens with one attached hydrogen (secondary N) is 8. The summed E-state index contributed by atoms with van der Waals surface area (Å²) in [6, 6.07) is 28.6. The molecule has 28 heteroatoms. The van der Waals surface area contributed by atoms with Gasteiger partial charge in [-0.1, -0.05) is 101 Å². The van der Waals surface area contributed by atoms with E-state index in [0.717, 1.165) is 60.8 Å². The molecule has 8 aromatic rings. The Hall–Kier alpha value is -9.76. The molecule has 12 rings (SSSR count). The van der Waals surface area contributed by atoms with Crippen LogP contribution in [0.4, 0.5) is 19.2 Å². The SMILES string of the molecule is O=C(NC1CCCCC1)Oc1ccc(-c2nn[nH]n2)cc1.O=C(NC1CCCCC1)Oc1cccc(-c2nn[nH]n2)c1.O=C(NCC1CCCCC1)Oc1ccc(-c2nn[nH]n2)cc1.O=C(NCC1CCCCC1)Oc1cccc(-c2nn[nH]n2)c1. The van der Waals surface area contributed by atoms with Crippen LogP contribution < -0.4 is 40.2 Å². The highest BCUT2D eigenvalue weighted by Gasteiger charge is 2.20. The molecule has 86 heavy (non-hydrogen) atoms. The first kappa shape index (κ1) is 60.8. The van der Waals surface area contributed by atoms with Crippen LogP contribution in [0.1, 0.15) is 128 Å². The topological polar surface area (TPSA) is 371 Å². The highest BCUT2D eigenvalue weighted by Crippen LogP contribution is 2.27. The van der Waals surface area contributed by atoms with Crippen molar-refractivity contribution in [3.63, 3.8) is 0 Å². The number of ether oxygens (including phenoxy) is 4. The number of amides is 4. The Morgan fingerprint density at radius 3 is 1.02 bits per heavy atom. The summed E-state index contributed by atoms with van der Waals surface area (Å²) in [5.74, 6) is 5.02. The fraction of sp³-hybridized carbons (Fsp3) is 0.448. The van der Waals surface area contributed by atoms with Crippen molar-refractivity contribution in [3.8, 4) is 68.5 Å². The maximum atomic E-state index is 11.9. The average Bonchev–Trinajstić information content (AvgIpc) is 4.59. The summed E-state index contributed by atoms with van der Waals surface area (Å²) in [4.78, 5) is 47.4. The van der Waals surface area contributed by atoms with E-state index in [-0.39, 0.29) is 12.1 Å². The average molecular weight is 1180 g/mol. The van der Waals surface area contributed by atoms with Crippen LogP contribution in [0, 0.1) is 11.8 Å². The summed E-state index contributed by atoms with van der Waals surface area (Å²) in [6.45, 7) is 1.38. The number of aromatic amines is 4. The van der Waals surface area contributed by atoms with Crippen LogP contribution in [0.5, 0.6) is 23.0 Å². The third kappa shape index (κ3) is 20.2. The first-order chi connectivity index (χ1) is 42.2. The van der Waals surface area contributed by atoms with E-state index in [1.165, 1.54) is 89.9 Å². The van der Waals surface area contributed by atoms with Crippen molar-refractivity contribution >= 4 is 24.4 Å². The minimum atomic E-state index is -0.421. The second-order valence-corrected chi connectivity index (χ2v) is 21.3. The molecule has 4 saturated carbocycles. The van der Waals surface area contributed by atoms with Crippen LogP contribution in [0.2, 0.25) is 0 Å². The Bertz CT molecular complexity index is 3240. The summed E-state index contributed by atoms with van der Waals surface area (Å²) in [5.41, 5.74) is 3.10. The van der Waals surface area contributed by atoms with Crippen molar-refractivity contribution in [2.45, 2.75) is 141 Å². The number of rotatable bonds is 14. The van der Waals surface area contributed by atoms with Gasteiger partial charge in [-0.05, 0) is 157 Å². The minimum absolute atomic E-state index is 0.228. The van der Waals surface area contributed by atoms with E-state index in [9.17, 15) is 19.2 Å². The van der Waals surface area contributed by atoms with Crippen molar-refractivity contribution in [1.29, 1.82) is 0 Å². The van der Waals surface area contributed by atoms with Crippen LogP contribution in [0.25, 0.3) is 45.6 Å². The second kappa shape index (κ2) is 32.9. The predicted molar refractivity (Wildman–Crippen MR) is 312 cm³/mol. The van der Waals surface area contributed by atoms with Crippen LogP contribution in [-0.2, 0) is 0 Å². The number of H-pyrrole nitrogens is 4. The zero-order valence-electron chi connectivity index (χ0n) is 47.7. The van der Waals surface area contributed by atoms with Gasteiger partial charge >= 0.3 is 24.4 Å². The molecular weight excluding hydrogens is 1100 g/mol. The minimum Gasteiger partial charge on any atom is -0.410 e. The Balaban J connectivity index is 0.000000137. The Labute approximate surface area is 495 Å². The van der Waals surface area contributed by atoms with Crippen molar-refractivity contribution in [2.24, 2.45) is 11.8 Å². The zero-order valence-corrected chi connectivity index (χ0v) is 47.7. The maximum Gasteiger partial charge on any atom is 0.412 e. The van der Waals surface area contributed by atoms with Gasteiger partial charge in [-0.25, -0.2) is 19.2 Å². The van der Waals surface area contributed by atoms with Gasteiger partial charge < -0.3 is 40.2 Å². The van der Waals surface area contributed by atoms with Crippen molar-refractivity contribution in [2.75, 3.05) is 13.1 Å². The lowest BCUT2D eigenvalue weighted by molar-refractivity contribution is 0.191. The van der Waals surface area contributed by atoms with Crippen LogP contribution in [0.15, 0.2) is 97.1 Å². The van der Waals surface area contributed by atoms with E-state index in [4.69, 9.17) is 18.9 Å². The van der Waals surface area contributed by atoms with E-state index in [1.54, 1.807) is 84.9 Å². The number of aromatic nitrogens is 16. The molecule has 28 nitrogen and oxygen atoms in total. The molecule has 4 aliphatic carbocycles. The Morgan fingerprint density at radius 2 is 0.674 bits per heavy atom. The summed E-state index contributed by atoms with van der Waals surface area (Å²) in [6.07, 6.45) is 22.1. The Morgan fingerprint density at radius 1 is 0.360 bits per heavy atom. The molecule has 452 valence electrons. The van der Waals surface area contributed by atoms with E-state index in [0.29, 0.717) is 71.2 Å². The number of carbonyl (C=O) groups excluding carboxylic acids is 4. The quantitative estimate of drug-likeness (QED) is 0.0502. The highest BCUT2D eigenvalue weighted by molar-refractivity contribution is 5.73. The number of tetrazole rings is 4. The van der Waals surface area contributed by atoms with Gasteiger partial charge in [0.1, 0.15) is 23.0 Å². The number of nitrogens with zero attached hydrogens (tertiary/aromatic N) is 12. The lowest BCUT2D eigenvalue weighted by Crippen LogP contribution is -2.37. The second-order valence-electron chi connectivity index (χ2n) is 21.3. The third-order valence-corrected chi connectivity index (χ3v) is 15.0. The van der Waals surface area contributed by atoms with Crippen molar-refractivity contribution in [1.82, 2.24) is 104 Å². The standard InChI is InChI=1S/2C15H19N5O2.2C14H17N5O2/c21-15(16-10-11-5-2-1-3-6-11)22-13-8-4-7-12(9-13)14-17-19-20-18-14;21-15(16-10-11-4-2-1-3-5-11)22-13-8-6-12(7-9-13)14-17-19-20-18-14;20-14(15-11-6-2-1-3-7-11)21-12-8-4-5-10(9-12)13-16-18-19-17-13;20-14(15-11-4-2-1-3-5-11)21-12-8-6-10(7-9-12)13-16-18-19-17-13/h4,7-9,11H,1-3,5-6,10H2,(H,16,21)(H,17,18,19,20);6-9,11H,1-5,10H2,(H,16,21)(H,17,18,19,20);4-5,8-9,11H,1-3,6-7H2,(H,15,20)(H,16,17,18,19);6-9,11H,1-5H2,(H,15,20)(H,16,17,18,19). The molecule has 4 heterocycles. The molecule has 4 fully saturated rings. The molecule has 4 aromatic heterocycles. The van der Waals surface area contributed by atoms with Gasteiger partial charge in [0, 0.05) is 47.4 Å². The molecule has 4 amide bonds. The molecule has 0 spiro atoms. The van der Waals surface area contributed by atoms with Gasteiger partial charge in [0.2, 0.25) is 23.3 Å². The Kier molecular flexibility index (Phi) is 23.3. The molecule has 8 N–H and O–H groups in total.